The molecule has 0 aliphatic heterocycles. The minimum absolute atomic E-state index is 0.0722. The zero-order valence-corrected chi connectivity index (χ0v) is 42.6. The maximum atomic E-state index is 10.5. The van der Waals surface area contributed by atoms with Gasteiger partial charge in [0, 0.05) is 44.1 Å². The number of aromatic nitrogens is 5. The van der Waals surface area contributed by atoms with Crippen LogP contribution in [0, 0.1) is 30.9 Å². The lowest BCUT2D eigenvalue weighted by Crippen LogP contribution is -1.90. The molecule has 0 atom stereocenters. The van der Waals surface area contributed by atoms with Gasteiger partial charge in [0.2, 0.25) is 0 Å². The molecule has 10 rings (SSSR count). The summed E-state index contributed by atoms with van der Waals surface area (Å²) < 4.78 is 5.13. The second kappa shape index (κ2) is 25.6. The molecule has 0 saturated heterocycles. The SMILES string of the molecule is COc1ccc2nc(CCl)ccc2c1.Cc1cc(C)c2nc(CCl)ccc2c1.Cc1cccc2ccc(CCl)nc12.ClCc1ccc2ccc(Cl)cc2n1.O=[N+]([O-])c1ccc2nc(CCl)ccc2c1. The Labute approximate surface area is 430 Å². The summed E-state index contributed by atoms with van der Waals surface area (Å²) in [5.74, 6) is 3.02. The zero-order valence-electron chi connectivity index (χ0n) is 38.1. The van der Waals surface area contributed by atoms with Crippen LogP contribution in [-0.2, 0) is 29.4 Å². The maximum absolute atomic E-state index is 10.5. The Balaban J connectivity index is 0.000000142. The fourth-order valence-corrected chi connectivity index (χ4v) is 7.93. The van der Waals surface area contributed by atoms with E-state index in [0.29, 0.717) is 34.4 Å². The largest absolute Gasteiger partial charge is 0.497 e. The second-order valence-corrected chi connectivity index (χ2v) is 17.3. The van der Waals surface area contributed by atoms with E-state index >= 15 is 0 Å². The molecule has 15 heteroatoms. The van der Waals surface area contributed by atoms with Crippen LogP contribution in [0.4, 0.5) is 5.69 Å². The molecular formula is C54H46Cl6N6O3. The predicted octanol–water partition coefficient (Wildman–Crippen LogP) is 16.4. The Hall–Kier alpha value is -5.91. The highest BCUT2D eigenvalue weighted by atomic mass is 35.5. The first-order chi connectivity index (χ1) is 33.3. The Morgan fingerprint density at radius 3 is 1.51 bits per heavy atom. The number of benzene rings is 5. The van der Waals surface area contributed by atoms with Crippen molar-refractivity contribution in [2.45, 2.75) is 50.2 Å². The van der Waals surface area contributed by atoms with Crippen LogP contribution in [0.15, 0.2) is 146 Å². The molecule has 5 aromatic carbocycles. The highest BCUT2D eigenvalue weighted by molar-refractivity contribution is 6.31. The number of hydrogen-bond donors (Lipinski definition) is 0. The van der Waals surface area contributed by atoms with E-state index in [9.17, 15) is 10.1 Å². The van der Waals surface area contributed by atoms with Crippen molar-refractivity contribution in [1.82, 2.24) is 24.9 Å². The fraction of sp³-hybridized carbons (Fsp3) is 0.167. The standard InChI is InChI=1S/C12H12ClN.C11H10ClNO.C11H10ClN.C10H7Cl2N.C10H7ClN2O2/c1-8-5-9(2)12-10(6-8)3-4-11(7-13)14-12;1-14-10-4-5-11-8(6-10)2-3-9(7-12)13-11;1-8-3-2-4-9-5-6-10(7-12)13-11(8)9;11-6-9-4-2-7-1-3-8(12)5-10(7)13-9;11-6-8-2-1-7-5-9(13(14)15)3-4-10(7)12-8/h3-6H,7H2,1-2H3;2-6H,7H2,1H3;2-6H,7H2,1H3;1-5H,6H2;1-5H,6H2. The molecule has 10 aromatic rings. The van der Waals surface area contributed by atoms with Gasteiger partial charge in [-0.2, -0.15) is 0 Å². The van der Waals surface area contributed by atoms with E-state index in [1.807, 2.05) is 78.9 Å². The monoisotopic (exact) mass is 1040 g/mol. The van der Waals surface area contributed by atoms with Gasteiger partial charge in [-0.1, -0.05) is 77.8 Å². The highest BCUT2D eigenvalue weighted by Gasteiger charge is 2.07. The average molecular weight is 1040 g/mol. The maximum Gasteiger partial charge on any atom is 0.270 e. The number of aryl methyl sites for hydroxylation is 3. The number of methoxy groups -OCH3 is 1. The lowest BCUT2D eigenvalue weighted by Gasteiger charge is -2.04. The van der Waals surface area contributed by atoms with Gasteiger partial charge in [0.1, 0.15) is 5.75 Å². The molecule has 0 aliphatic carbocycles. The first-order valence-corrected chi connectivity index (χ1v) is 24.4. The van der Waals surface area contributed by atoms with Crippen LogP contribution in [0.2, 0.25) is 5.02 Å². The van der Waals surface area contributed by atoms with Crippen LogP contribution in [0.25, 0.3) is 54.5 Å². The van der Waals surface area contributed by atoms with E-state index in [4.69, 9.17) is 74.3 Å². The number of nitro benzene ring substituents is 1. The number of pyridine rings is 5. The van der Waals surface area contributed by atoms with Gasteiger partial charge in [-0.3, -0.25) is 35.0 Å². The summed E-state index contributed by atoms with van der Waals surface area (Å²) in [6.07, 6.45) is 0. The minimum Gasteiger partial charge on any atom is -0.497 e. The first-order valence-electron chi connectivity index (χ1n) is 21.4. The van der Waals surface area contributed by atoms with Gasteiger partial charge in [0.25, 0.3) is 5.69 Å². The number of nitro groups is 1. The van der Waals surface area contributed by atoms with Crippen LogP contribution in [0.1, 0.15) is 45.2 Å². The number of halogens is 6. The summed E-state index contributed by atoms with van der Waals surface area (Å²) in [5.41, 5.74) is 12.8. The molecule has 0 N–H and O–H groups in total. The smallest absolute Gasteiger partial charge is 0.270 e. The van der Waals surface area contributed by atoms with E-state index in [1.54, 1.807) is 25.3 Å². The third kappa shape index (κ3) is 14.6. The van der Waals surface area contributed by atoms with Crippen molar-refractivity contribution >= 4 is 130 Å². The predicted molar refractivity (Wildman–Crippen MR) is 289 cm³/mol. The van der Waals surface area contributed by atoms with Crippen molar-refractivity contribution in [2.75, 3.05) is 7.11 Å². The number of nitrogens with zero attached hydrogens (tertiary/aromatic N) is 6. The topological polar surface area (TPSA) is 117 Å². The molecule has 352 valence electrons. The first kappa shape index (κ1) is 52.5. The molecule has 0 fully saturated rings. The molecule has 69 heavy (non-hydrogen) atoms. The zero-order chi connectivity index (χ0) is 49.5. The average Bonchev–Trinajstić information content (AvgIpc) is 3.38. The number of ether oxygens (including phenoxy) is 1. The number of alkyl halides is 5. The Morgan fingerprint density at radius 1 is 0.464 bits per heavy atom. The lowest BCUT2D eigenvalue weighted by molar-refractivity contribution is -0.384. The molecule has 0 bridgehead atoms. The summed E-state index contributed by atoms with van der Waals surface area (Å²) in [7, 11) is 1.65. The van der Waals surface area contributed by atoms with E-state index < -0.39 is 4.92 Å². The molecule has 0 aliphatic rings. The van der Waals surface area contributed by atoms with E-state index in [0.717, 1.165) is 78.0 Å². The molecule has 5 heterocycles. The fourth-order valence-electron chi connectivity index (χ4n) is 7.02. The van der Waals surface area contributed by atoms with Crippen LogP contribution >= 0.6 is 69.6 Å². The summed E-state index contributed by atoms with van der Waals surface area (Å²) in [6.45, 7) is 6.25. The number of rotatable bonds is 7. The van der Waals surface area contributed by atoms with Gasteiger partial charge < -0.3 is 4.74 Å². The van der Waals surface area contributed by atoms with Gasteiger partial charge in [-0.15, -0.1) is 58.0 Å². The Morgan fingerprint density at radius 2 is 0.942 bits per heavy atom. The van der Waals surface area contributed by atoms with Crippen molar-refractivity contribution in [3.8, 4) is 5.75 Å². The molecule has 0 saturated carbocycles. The quantitative estimate of drug-likeness (QED) is 0.0880. The number of hydrogen-bond acceptors (Lipinski definition) is 8. The minimum atomic E-state index is -0.422. The summed E-state index contributed by atoms with van der Waals surface area (Å²) in [6, 6.07) is 45.9. The normalized spacial score (nSPS) is 10.6. The molecule has 0 unspecified atom stereocenters. The number of non-ortho nitro benzene ring substituents is 1. The Kier molecular flexibility index (Phi) is 19.5. The molecule has 0 spiro atoms. The third-order valence-electron chi connectivity index (χ3n) is 10.5. The lowest BCUT2D eigenvalue weighted by atomic mass is 10.1. The van der Waals surface area contributed by atoms with E-state index in [-0.39, 0.29) is 5.69 Å². The molecule has 0 radical (unpaired) electrons. The molecule has 0 amide bonds. The van der Waals surface area contributed by atoms with Gasteiger partial charge in [-0.25, -0.2) is 0 Å². The van der Waals surface area contributed by atoms with Crippen molar-refractivity contribution in [2.24, 2.45) is 0 Å². The van der Waals surface area contributed by atoms with Crippen LogP contribution in [-0.4, -0.2) is 37.0 Å². The Bertz CT molecular complexity index is 3330. The van der Waals surface area contributed by atoms with Gasteiger partial charge in [0.15, 0.2) is 0 Å². The molecular weight excluding hydrogens is 993 g/mol. The molecule has 9 nitrogen and oxygen atoms in total. The van der Waals surface area contributed by atoms with Crippen molar-refractivity contribution in [1.29, 1.82) is 0 Å². The van der Waals surface area contributed by atoms with Gasteiger partial charge in [-0.05, 0) is 105 Å². The van der Waals surface area contributed by atoms with Crippen molar-refractivity contribution < 1.29 is 9.66 Å². The van der Waals surface area contributed by atoms with Gasteiger partial charge >= 0.3 is 0 Å². The summed E-state index contributed by atoms with van der Waals surface area (Å²) in [5, 5.41) is 16.5. The molecule has 5 aromatic heterocycles. The third-order valence-corrected chi connectivity index (χ3v) is 12.1. The van der Waals surface area contributed by atoms with Crippen molar-refractivity contribution in [3.05, 3.63) is 206 Å². The summed E-state index contributed by atoms with van der Waals surface area (Å²) in [4.78, 5) is 32.0. The second-order valence-electron chi connectivity index (χ2n) is 15.5. The summed E-state index contributed by atoms with van der Waals surface area (Å²) >= 11 is 34.3. The number of fused-ring (bicyclic) bond motifs is 5. The van der Waals surface area contributed by atoms with Crippen molar-refractivity contribution in [3.63, 3.8) is 0 Å². The van der Waals surface area contributed by atoms with Crippen LogP contribution in [0.3, 0.4) is 0 Å². The highest BCUT2D eigenvalue weighted by Crippen LogP contribution is 2.23. The van der Waals surface area contributed by atoms with Gasteiger partial charge in [0.05, 0.1) is 97.5 Å². The van der Waals surface area contributed by atoms with E-state index in [2.05, 4.69) is 82.1 Å². The van der Waals surface area contributed by atoms with Crippen LogP contribution in [0.5, 0.6) is 5.75 Å². The van der Waals surface area contributed by atoms with E-state index in [1.165, 1.54) is 39.6 Å². The number of para-hydroxylation sites is 1. The van der Waals surface area contributed by atoms with Crippen LogP contribution < -0.4 is 4.74 Å².